The molecule has 4 heteroatoms. The molecule has 1 rings (SSSR count). The maximum atomic E-state index is 9.02. The van der Waals surface area contributed by atoms with Crippen LogP contribution in [0.25, 0.3) is 0 Å². The molecular weight excluding hydrogens is 154 g/mol. The summed E-state index contributed by atoms with van der Waals surface area (Å²) in [5.74, 6) is 0. The fourth-order valence-electron chi connectivity index (χ4n) is 1.16. The molecule has 0 spiro atoms. The van der Waals surface area contributed by atoms with Crippen LogP contribution in [0.5, 0.6) is 0 Å². The van der Waals surface area contributed by atoms with E-state index in [-0.39, 0.29) is 18.4 Å². The fraction of sp³-hybridized carbons (Fsp3) is 1.00. The predicted molar refractivity (Wildman–Crippen MR) is 41.1 cm³/mol. The van der Waals surface area contributed by atoms with E-state index in [0.717, 1.165) is 6.42 Å². The number of rotatable bonds is 0. The largest absolute Gasteiger partial charge is 0.390 e. The fourth-order valence-corrected chi connectivity index (χ4v) is 1.16. The molecule has 3 nitrogen and oxygen atoms in total. The number of halogens is 1. The highest BCUT2D eigenvalue weighted by atomic mass is 35.5. The van der Waals surface area contributed by atoms with Crippen molar-refractivity contribution in [3.05, 3.63) is 0 Å². The maximum absolute atomic E-state index is 9.02. The van der Waals surface area contributed by atoms with Gasteiger partial charge in [-0.05, 0) is 19.3 Å². The summed E-state index contributed by atoms with van der Waals surface area (Å²) in [6, 6.07) is 0.0865. The van der Waals surface area contributed by atoms with Gasteiger partial charge in [-0.15, -0.1) is 12.4 Å². The lowest BCUT2D eigenvalue weighted by molar-refractivity contribution is -0.0140. The van der Waals surface area contributed by atoms with Gasteiger partial charge in [0.05, 0.1) is 12.2 Å². The van der Waals surface area contributed by atoms with E-state index >= 15 is 0 Å². The van der Waals surface area contributed by atoms with Crippen molar-refractivity contribution in [2.75, 3.05) is 0 Å². The zero-order chi connectivity index (χ0) is 6.85. The van der Waals surface area contributed by atoms with Gasteiger partial charge in [0.25, 0.3) is 0 Å². The summed E-state index contributed by atoms with van der Waals surface area (Å²) in [5, 5.41) is 18.0. The first-order valence-electron chi connectivity index (χ1n) is 3.32. The van der Waals surface area contributed by atoms with Crippen LogP contribution in [0, 0.1) is 0 Å². The average Bonchev–Trinajstić information content (AvgIpc) is 1.80. The molecule has 1 unspecified atom stereocenters. The SMILES string of the molecule is Cl.NC1CC[C@@H](O)[C@H](O)C1. The van der Waals surface area contributed by atoms with E-state index in [2.05, 4.69) is 0 Å². The third kappa shape index (κ3) is 2.42. The third-order valence-corrected chi connectivity index (χ3v) is 1.82. The Morgan fingerprint density at radius 1 is 1.10 bits per heavy atom. The van der Waals surface area contributed by atoms with Crippen molar-refractivity contribution in [3.8, 4) is 0 Å². The zero-order valence-electron chi connectivity index (χ0n) is 5.73. The van der Waals surface area contributed by atoms with E-state index in [0.29, 0.717) is 12.8 Å². The Kier molecular flexibility index (Phi) is 4.20. The van der Waals surface area contributed by atoms with Gasteiger partial charge in [0.1, 0.15) is 0 Å². The van der Waals surface area contributed by atoms with Gasteiger partial charge in [-0.25, -0.2) is 0 Å². The van der Waals surface area contributed by atoms with Crippen LogP contribution in [0.2, 0.25) is 0 Å². The number of nitrogens with two attached hydrogens (primary N) is 1. The highest BCUT2D eigenvalue weighted by Crippen LogP contribution is 2.16. The average molecular weight is 168 g/mol. The monoisotopic (exact) mass is 167 g/mol. The zero-order valence-corrected chi connectivity index (χ0v) is 6.55. The van der Waals surface area contributed by atoms with Gasteiger partial charge in [-0.1, -0.05) is 0 Å². The minimum atomic E-state index is -0.589. The van der Waals surface area contributed by atoms with Crippen LogP contribution < -0.4 is 5.73 Å². The number of aliphatic hydroxyl groups is 2. The van der Waals surface area contributed by atoms with Gasteiger partial charge in [0.2, 0.25) is 0 Å². The van der Waals surface area contributed by atoms with Gasteiger partial charge in [0.15, 0.2) is 0 Å². The molecule has 0 amide bonds. The molecular formula is C6H14ClNO2. The third-order valence-electron chi connectivity index (χ3n) is 1.82. The lowest BCUT2D eigenvalue weighted by Gasteiger charge is -2.27. The number of hydrogen-bond acceptors (Lipinski definition) is 3. The molecule has 0 saturated heterocycles. The smallest absolute Gasteiger partial charge is 0.0813 e. The first-order valence-corrected chi connectivity index (χ1v) is 3.32. The van der Waals surface area contributed by atoms with E-state index in [1.165, 1.54) is 0 Å². The maximum Gasteiger partial charge on any atom is 0.0813 e. The van der Waals surface area contributed by atoms with Gasteiger partial charge in [-0.2, -0.15) is 0 Å². The Bertz CT molecular complexity index is 102. The van der Waals surface area contributed by atoms with Crippen LogP contribution in [-0.2, 0) is 0 Å². The van der Waals surface area contributed by atoms with Crippen LogP contribution in [0.3, 0.4) is 0 Å². The molecule has 0 heterocycles. The molecule has 3 atom stereocenters. The van der Waals surface area contributed by atoms with E-state index in [4.69, 9.17) is 15.9 Å². The van der Waals surface area contributed by atoms with Crippen molar-refractivity contribution in [3.63, 3.8) is 0 Å². The van der Waals surface area contributed by atoms with E-state index in [9.17, 15) is 0 Å². The minimum Gasteiger partial charge on any atom is -0.390 e. The molecule has 0 bridgehead atoms. The quantitative estimate of drug-likeness (QED) is 0.462. The van der Waals surface area contributed by atoms with Gasteiger partial charge >= 0.3 is 0 Å². The summed E-state index contributed by atoms with van der Waals surface area (Å²) >= 11 is 0. The normalized spacial score (nSPS) is 40.5. The van der Waals surface area contributed by atoms with Crippen molar-refractivity contribution in [1.82, 2.24) is 0 Å². The first-order chi connectivity index (χ1) is 4.20. The summed E-state index contributed by atoms with van der Waals surface area (Å²) in [5.41, 5.74) is 5.52. The van der Waals surface area contributed by atoms with Gasteiger partial charge in [0, 0.05) is 6.04 Å². The summed E-state index contributed by atoms with van der Waals surface area (Å²) in [4.78, 5) is 0. The summed E-state index contributed by atoms with van der Waals surface area (Å²) < 4.78 is 0. The van der Waals surface area contributed by atoms with Crippen LogP contribution >= 0.6 is 12.4 Å². The lowest BCUT2D eigenvalue weighted by atomic mass is 9.91. The molecule has 0 aromatic carbocycles. The molecule has 1 aliphatic carbocycles. The molecule has 62 valence electrons. The molecule has 0 radical (unpaired) electrons. The molecule has 1 fully saturated rings. The highest BCUT2D eigenvalue weighted by Gasteiger charge is 2.24. The van der Waals surface area contributed by atoms with Gasteiger partial charge < -0.3 is 15.9 Å². The predicted octanol–water partition coefficient (Wildman–Crippen LogP) is -0.359. The second-order valence-corrected chi connectivity index (χ2v) is 2.71. The van der Waals surface area contributed by atoms with Crippen molar-refractivity contribution < 1.29 is 10.2 Å². The molecule has 0 aromatic rings. The molecule has 4 N–H and O–H groups in total. The van der Waals surface area contributed by atoms with Crippen molar-refractivity contribution in [1.29, 1.82) is 0 Å². The highest BCUT2D eigenvalue weighted by molar-refractivity contribution is 5.85. The Labute approximate surface area is 66.6 Å². The number of aliphatic hydroxyl groups excluding tert-OH is 2. The van der Waals surface area contributed by atoms with Gasteiger partial charge in [-0.3, -0.25) is 0 Å². The second-order valence-electron chi connectivity index (χ2n) is 2.71. The minimum absolute atomic E-state index is 0. The Balaban J connectivity index is 0.000000810. The molecule has 0 aromatic heterocycles. The molecule has 1 aliphatic rings. The van der Waals surface area contributed by atoms with Crippen molar-refractivity contribution in [2.45, 2.75) is 37.5 Å². The summed E-state index contributed by atoms with van der Waals surface area (Å²) in [6.45, 7) is 0. The number of hydrogen-bond donors (Lipinski definition) is 3. The first kappa shape index (κ1) is 10.2. The van der Waals surface area contributed by atoms with Crippen molar-refractivity contribution in [2.24, 2.45) is 5.73 Å². The van der Waals surface area contributed by atoms with E-state index in [1.807, 2.05) is 0 Å². The summed E-state index contributed by atoms with van der Waals surface area (Å²) in [7, 11) is 0. The van der Waals surface area contributed by atoms with Crippen LogP contribution in [0.1, 0.15) is 19.3 Å². The topological polar surface area (TPSA) is 66.5 Å². The summed E-state index contributed by atoms with van der Waals surface area (Å²) in [6.07, 6.45) is 0.889. The lowest BCUT2D eigenvalue weighted by Crippen LogP contribution is -2.39. The van der Waals surface area contributed by atoms with Crippen LogP contribution in [0.15, 0.2) is 0 Å². The Hall–Kier alpha value is 0.170. The van der Waals surface area contributed by atoms with E-state index < -0.39 is 12.2 Å². The van der Waals surface area contributed by atoms with E-state index in [1.54, 1.807) is 0 Å². The molecule has 1 saturated carbocycles. The van der Waals surface area contributed by atoms with Crippen LogP contribution in [-0.4, -0.2) is 28.5 Å². The van der Waals surface area contributed by atoms with Crippen molar-refractivity contribution >= 4 is 12.4 Å². The standard InChI is InChI=1S/C6H13NO2.ClH/c7-4-1-2-5(8)6(9)3-4;/h4-6,8-9H,1-3,7H2;1H/t4?,5-,6-;/m1./s1. The Morgan fingerprint density at radius 3 is 2.10 bits per heavy atom. The Morgan fingerprint density at radius 2 is 1.70 bits per heavy atom. The second kappa shape index (κ2) is 4.13. The molecule has 0 aliphatic heterocycles. The molecule has 10 heavy (non-hydrogen) atoms. The van der Waals surface area contributed by atoms with Crippen LogP contribution in [0.4, 0.5) is 0 Å².